The summed E-state index contributed by atoms with van der Waals surface area (Å²) in [5.74, 6) is 1.30. The van der Waals surface area contributed by atoms with E-state index in [1.54, 1.807) is 0 Å². The average molecular weight is 284 g/mol. The summed E-state index contributed by atoms with van der Waals surface area (Å²) in [6, 6.07) is 10.4. The third-order valence-corrected chi connectivity index (χ3v) is 4.64. The Hall–Kier alpha value is -1.45. The van der Waals surface area contributed by atoms with E-state index in [9.17, 15) is 0 Å². The maximum Gasteiger partial charge on any atom is 0.0724 e. The lowest BCUT2D eigenvalue weighted by molar-refractivity contribution is 0.0759. The van der Waals surface area contributed by atoms with Crippen LogP contribution in [0.15, 0.2) is 30.3 Å². The summed E-state index contributed by atoms with van der Waals surface area (Å²) >= 11 is 0. The third-order valence-electron chi connectivity index (χ3n) is 4.64. The lowest BCUT2D eigenvalue weighted by Gasteiger charge is -2.18. The molecule has 3 rings (SSSR count). The molecule has 0 saturated heterocycles. The minimum Gasteiger partial charge on any atom is -0.376 e. The Labute approximate surface area is 126 Å². The molecule has 2 unspecified atom stereocenters. The predicted octanol–water partition coefficient (Wildman–Crippen LogP) is 3.43. The number of nitrogens with two attached hydrogens (primary N) is 1. The monoisotopic (exact) mass is 284 g/mol. The summed E-state index contributed by atoms with van der Waals surface area (Å²) in [6.07, 6.45) is 3.83. The first-order valence-electron chi connectivity index (χ1n) is 7.91. The molecule has 1 aliphatic rings. The molecule has 1 saturated carbocycles. The minimum atomic E-state index is 0.643. The summed E-state index contributed by atoms with van der Waals surface area (Å²) in [5, 5.41) is 1.20. The molecule has 112 valence electrons. The number of hydrogen-bond donors (Lipinski definition) is 1. The Bertz CT molecular complexity index is 611. The third kappa shape index (κ3) is 3.25. The Balaban J connectivity index is 1.68. The SMILES string of the molecule is Cc1cc(COCC2CCCC2CN)c2ccccc2n1. The van der Waals surface area contributed by atoms with Crippen molar-refractivity contribution in [2.45, 2.75) is 32.8 Å². The standard InChI is InChI=1S/C18H24N2O/c1-13-9-16(17-7-2-3-8-18(17)20-13)12-21-11-15-6-4-5-14(15)10-19/h2-3,7-9,14-15H,4-6,10-12,19H2,1H3. The van der Waals surface area contributed by atoms with E-state index in [1.165, 1.54) is 30.2 Å². The largest absolute Gasteiger partial charge is 0.376 e. The summed E-state index contributed by atoms with van der Waals surface area (Å²) < 4.78 is 6.02. The van der Waals surface area contributed by atoms with Gasteiger partial charge in [-0.3, -0.25) is 4.98 Å². The zero-order valence-corrected chi connectivity index (χ0v) is 12.7. The van der Waals surface area contributed by atoms with Gasteiger partial charge in [0.05, 0.1) is 18.7 Å². The average Bonchev–Trinajstić information content (AvgIpc) is 2.94. The van der Waals surface area contributed by atoms with Gasteiger partial charge in [-0.05, 0) is 55.8 Å². The van der Waals surface area contributed by atoms with Gasteiger partial charge in [0, 0.05) is 11.1 Å². The Morgan fingerprint density at radius 3 is 2.90 bits per heavy atom. The summed E-state index contributed by atoms with van der Waals surface area (Å²) in [6.45, 7) is 4.33. The van der Waals surface area contributed by atoms with E-state index in [0.29, 0.717) is 18.4 Å². The topological polar surface area (TPSA) is 48.1 Å². The smallest absolute Gasteiger partial charge is 0.0724 e. The number of hydrogen-bond acceptors (Lipinski definition) is 3. The molecule has 3 heteroatoms. The molecule has 2 aromatic rings. The fourth-order valence-electron chi connectivity index (χ4n) is 3.48. The highest BCUT2D eigenvalue weighted by Crippen LogP contribution is 2.31. The van der Waals surface area contributed by atoms with Crippen molar-refractivity contribution in [1.82, 2.24) is 4.98 Å². The van der Waals surface area contributed by atoms with Crippen LogP contribution in [0.1, 0.15) is 30.5 Å². The van der Waals surface area contributed by atoms with Gasteiger partial charge in [0.15, 0.2) is 0 Å². The van der Waals surface area contributed by atoms with E-state index in [1.807, 2.05) is 13.0 Å². The highest BCUT2D eigenvalue weighted by molar-refractivity contribution is 5.82. The minimum absolute atomic E-state index is 0.643. The normalized spacial score (nSPS) is 22.0. The van der Waals surface area contributed by atoms with E-state index in [4.69, 9.17) is 10.5 Å². The van der Waals surface area contributed by atoms with Crippen LogP contribution < -0.4 is 5.73 Å². The maximum atomic E-state index is 6.02. The van der Waals surface area contributed by atoms with E-state index in [0.717, 1.165) is 24.4 Å². The molecule has 0 amide bonds. The van der Waals surface area contributed by atoms with Crippen LogP contribution in [-0.4, -0.2) is 18.1 Å². The van der Waals surface area contributed by atoms with E-state index in [2.05, 4.69) is 29.2 Å². The Morgan fingerprint density at radius 2 is 2.05 bits per heavy atom. The summed E-state index contributed by atoms with van der Waals surface area (Å²) in [5.41, 5.74) is 9.18. The van der Waals surface area contributed by atoms with Crippen LogP contribution in [0, 0.1) is 18.8 Å². The lowest BCUT2D eigenvalue weighted by Crippen LogP contribution is -2.22. The fourth-order valence-corrected chi connectivity index (χ4v) is 3.48. The number of benzene rings is 1. The lowest BCUT2D eigenvalue weighted by atomic mass is 9.97. The van der Waals surface area contributed by atoms with Gasteiger partial charge in [0.1, 0.15) is 0 Å². The van der Waals surface area contributed by atoms with Gasteiger partial charge in [0.25, 0.3) is 0 Å². The molecule has 1 fully saturated rings. The van der Waals surface area contributed by atoms with Crippen LogP contribution in [0.25, 0.3) is 10.9 Å². The second-order valence-electron chi connectivity index (χ2n) is 6.14. The van der Waals surface area contributed by atoms with Crippen molar-refractivity contribution in [3.05, 3.63) is 41.6 Å². The molecule has 0 bridgehead atoms. The van der Waals surface area contributed by atoms with Crippen molar-refractivity contribution < 1.29 is 4.74 Å². The second kappa shape index (κ2) is 6.54. The molecule has 0 aliphatic heterocycles. The number of nitrogens with zero attached hydrogens (tertiary/aromatic N) is 1. The van der Waals surface area contributed by atoms with Crippen molar-refractivity contribution in [3.8, 4) is 0 Å². The number of fused-ring (bicyclic) bond motifs is 1. The van der Waals surface area contributed by atoms with Gasteiger partial charge in [-0.25, -0.2) is 0 Å². The van der Waals surface area contributed by atoms with Crippen LogP contribution >= 0.6 is 0 Å². The number of ether oxygens (including phenoxy) is 1. The predicted molar refractivity (Wildman–Crippen MR) is 86.0 cm³/mol. The highest BCUT2D eigenvalue weighted by Gasteiger charge is 2.25. The molecular formula is C18H24N2O. The van der Waals surface area contributed by atoms with Crippen LogP contribution in [0.2, 0.25) is 0 Å². The first kappa shape index (κ1) is 14.5. The molecule has 0 spiro atoms. The molecule has 21 heavy (non-hydrogen) atoms. The number of para-hydroxylation sites is 1. The van der Waals surface area contributed by atoms with Crippen molar-refractivity contribution in [2.24, 2.45) is 17.6 Å². The quantitative estimate of drug-likeness (QED) is 0.915. The van der Waals surface area contributed by atoms with Gasteiger partial charge in [-0.1, -0.05) is 24.6 Å². The number of pyridine rings is 1. The van der Waals surface area contributed by atoms with Crippen molar-refractivity contribution in [2.75, 3.05) is 13.2 Å². The zero-order valence-electron chi connectivity index (χ0n) is 12.7. The highest BCUT2D eigenvalue weighted by atomic mass is 16.5. The van der Waals surface area contributed by atoms with Crippen molar-refractivity contribution >= 4 is 10.9 Å². The van der Waals surface area contributed by atoms with Crippen LogP contribution in [0.3, 0.4) is 0 Å². The first-order valence-corrected chi connectivity index (χ1v) is 7.91. The van der Waals surface area contributed by atoms with Gasteiger partial charge < -0.3 is 10.5 Å². The van der Waals surface area contributed by atoms with Gasteiger partial charge in [0.2, 0.25) is 0 Å². The van der Waals surface area contributed by atoms with E-state index < -0.39 is 0 Å². The molecular weight excluding hydrogens is 260 g/mol. The van der Waals surface area contributed by atoms with Gasteiger partial charge in [-0.2, -0.15) is 0 Å². The summed E-state index contributed by atoms with van der Waals surface area (Å²) in [4.78, 5) is 4.58. The first-order chi connectivity index (χ1) is 10.3. The Morgan fingerprint density at radius 1 is 1.24 bits per heavy atom. The molecule has 1 aromatic carbocycles. The zero-order chi connectivity index (χ0) is 14.7. The number of aromatic nitrogens is 1. The molecule has 2 atom stereocenters. The molecule has 1 aliphatic carbocycles. The van der Waals surface area contributed by atoms with Gasteiger partial charge >= 0.3 is 0 Å². The van der Waals surface area contributed by atoms with Crippen LogP contribution in [0.5, 0.6) is 0 Å². The van der Waals surface area contributed by atoms with E-state index >= 15 is 0 Å². The van der Waals surface area contributed by atoms with Crippen molar-refractivity contribution in [3.63, 3.8) is 0 Å². The van der Waals surface area contributed by atoms with Crippen molar-refractivity contribution in [1.29, 1.82) is 0 Å². The summed E-state index contributed by atoms with van der Waals surface area (Å²) in [7, 11) is 0. The molecule has 2 N–H and O–H groups in total. The van der Waals surface area contributed by atoms with E-state index in [-0.39, 0.29) is 0 Å². The molecule has 0 radical (unpaired) electrons. The number of rotatable bonds is 5. The van der Waals surface area contributed by atoms with Gasteiger partial charge in [-0.15, -0.1) is 0 Å². The maximum absolute atomic E-state index is 6.02. The van der Waals surface area contributed by atoms with Crippen LogP contribution in [0.4, 0.5) is 0 Å². The number of aryl methyl sites for hydroxylation is 1. The molecule has 3 nitrogen and oxygen atoms in total. The molecule has 1 aromatic heterocycles. The van der Waals surface area contributed by atoms with Crippen LogP contribution in [-0.2, 0) is 11.3 Å². The molecule has 1 heterocycles. The second-order valence-corrected chi connectivity index (χ2v) is 6.14. The fraction of sp³-hybridized carbons (Fsp3) is 0.500. The Kier molecular flexibility index (Phi) is 4.51.